The highest BCUT2D eigenvalue weighted by Crippen LogP contribution is 2.58. The number of benzene rings is 1. The van der Waals surface area contributed by atoms with Gasteiger partial charge in [0, 0.05) is 4.47 Å². The number of hydrazone groups is 1. The van der Waals surface area contributed by atoms with Gasteiger partial charge in [0.1, 0.15) is 0 Å². The van der Waals surface area contributed by atoms with Gasteiger partial charge in [0.2, 0.25) is 0 Å². The van der Waals surface area contributed by atoms with Gasteiger partial charge >= 0.3 is 0 Å². The Labute approximate surface area is 133 Å². The van der Waals surface area contributed by atoms with Crippen LogP contribution in [-0.4, -0.2) is 12.1 Å². The molecular formula is C17H19BrN2O. The highest BCUT2D eigenvalue weighted by atomic mass is 79.9. The molecule has 0 radical (unpaired) electrons. The molecule has 21 heavy (non-hydrogen) atoms. The van der Waals surface area contributed by atoms with Crippen molar-refractivity contribution in [2.45, 2.75) is 26.7 Å². The van der Waals surface area contributed by atoms with Gasteiger partial charge in [0.05, 0.1) is 11.8 Å². The number of hydrogen-bond donors (Lipinski definition) is 1. The van der Waals surface area contributed by atoms with Crippen LogP contribution in [-0.2, 0) is 0 Å². The van der Waals surface area contributed by atoms with E-state index in [1.807, 2.05) is 24.4 Å². The summed E-state index contributed by atoms with van der Waals surface area (Å²) in [5.41, 5.74) is 4.84. The van der Waals surface area contributed by atoms with Crippen LogP contribution in [0, 0.1) is 17.3 Å². The lowest BCUT2D eigenvalue weighted by atomic mass is 9.49. The zero-order chi connectivity index (χ0) is 15.0. The van der Waals surface area contributed by atoms with Crippen LogP contribution < -0.4 is 5.43 Å². The van der Waals surface area contributed by atoms with Crippen molar-refractivity contribution in [3.63, 3.8) is 0 Å². The molecule has 0 spiro atoms. The predicted octanol–water partition coefficient (Wildman–Crippen LogP) is 4.16. The average Bonchev–Trinajstić information content (AvgIpc) is 2.47. The van der Waals surface area contributed by atoms with Crippen LogP contribution >= 0.6 is 15.9 Å². The van der Waals surface area contributed by atoms with Crippen LogP contribution in [0.3, 0.4) is 0 Å². The number of nitrogens with zero attached hydrogens (tertiary/aromatic N) is 1. The summed E-state index contributed by atoms with van der Waals surface area (Å²) in [4.78, 5) is 12.1. The van der Waals surface area contributed by atoms with Crippen LogP contribution in [0.2, 0.25) is 0 Å². The third-order valence-corrected chi connectivity index (χ3v) is 5.70. The van der Waals surface area contributed by atoms with Crippen LogP contribution in [0.15, 0.2) is 45.5 Å². The summed E-state index contributed by atoms with van der Waals surface area (Å²) in [6.07, 6.45) is 6.46. The molecule has 0 aromatic heterocycles. The second-order valence-electron chi connectivity index (χ2n) is 6.43. The molecule has 1 saturated carbocycles. The number of carbonyl (C=O) groups excluding carboxylic acids is 1. The van der Waals surface area contributed by atoms with Crippen molar-refractivity contribution in [2.24, 2.45) is 22.4 Å². The standard InChI is InChI=1S/C17H19BrN2O/c1-17(2)12-8-7-11(14(17)9-12)10-19-20-16(21)13-5-3-4-6-15(13)18/h3-7,10,12,14H,8-9H2,1-2H3,(H,20,21)/t12-,14+/m0/s1. The van der Waals surface area contributed by atoms with E-state index in [-0.39, 0.29) is 5.91 Å². The number of hydrogen-bond acceptors (Lipinski definition) is 2. The van der Waals surface area contributed by atoms with Gasteiger partial charge < -0.3 is 0 Å². The lowest BCUT2D eigenvalue weighted by Gasteiger charge is -2.55. The van der Waals surface area contributed by atoms with Crippen molar-refractivity contribution in [1.82, 2.24) is 5.43 Å². The van der Waals surface area contributed by atoms with Gasteiger partial charge in [-0.3, -0.25) is 4.79 Å². The maximum atomic E-state index is 12.1. The van der Waals surface area contributed by atoms with Crippen LogP contribution in [0.4, 0.5) is 0 Å². The van der Waals surface area contributed by atoms with E-state index < -0.39 is 0 Å². The largest absolute Gasteiger partial charge is 0.272 e. The van der Waals surface area contributed by atoms with E-state index in [9.17, 15) is 4.79 Å². The molecule has 2 bridgehead atoms. The Bertz CT molecular complexity index is 633. The lowest BCUT2D eigenvalue weighted by Crippen LogP contribution is -2.48. The average molecular weight is 347 g/mol. The topological polar surface area (TPSA) is 41.5 Å². The fourth-order valence-electron chi connectivity index (χ4n) is 3.42. The molecule has 110 valence electrons. The summed E-state index contributed by atoms with van der Waals surface area (Å²) in [6.45, 7) is 4.65. The van der Waals surface area contributed by atoms with Crippen molar-refractivity contribution in [2.75, 3.05) is 0 Å². The molecule has 3 nitrogen and oxygen atoms in total. The van der Waals surface area contributed by atoms with Gasteiger partial charge in [-0.05, 0) is 63.7 Å². The monoisotopic (exact) mass is 346 g/mol. The lowest BCUT2D eigenvalue weighted by molar-refractivity contribution is -0.00126. The number of allylic oxidation sites excluding steroid dienone is 2. The normalized spacial score (nSPS) is 26.1. The number of carbonyl (C=O) groups is 1. The number of fused-ring (bicyclic) bond motifs is 1. The van der Waals surface area contributed by atoms with E-state index in [1.54, 1.807) is 6.07 Å². The smallest absolute Gasteiger partial charge is 0.267 e. The summed E-state index contributed by atoms with van der Waals surface area (Å²) in [6, 6.07) is 7.34. The van der Waals surface area contributed by atoms with Crippen LogP contribution in [0.1, 0.15) is 37.0 Å². The first-order chi connectivity index (χ1) is 10.00. The molecule has 1 amide bonds. The SMILES string of the molecule is CC1(C)[C@H]2CC=C(C=NNC(=O)c3ccccc3Br)[C@H]1C2. The fraction of sp³-hybridized carbons (Fsp3) is 0.412. The molecule has 4 heteroatoms. The minimum Gasteiger partial charge on any atom is -0.267 e. The van der Waals surface area contributed by atoms with Crippen molar-refractivity contribution in [3.8, 4) is 0 Å². The Balaban J connectivity index is 1.65. The van der Waals surface area contributed by atoms with E-state index in [2.05, 4.69) is 46.4 Å². The van der Waals surface area contributed by atoms with Gasteiger partial charge in [-0.25, -0.2) is 5.43 Å². The first-order valence-electron chi connectivity index (χ1n) is 7.28. The minimum absolute atomic E-state index is 0.194. The Hall–Kier alpha value is -1.42. The summed E-state index contributed by atoms with van der Waals surface area (Å²) in [5, 5.41) is 4.14. The molecular weight excluding hydrogens is 328 g/mol. The zero-order valence-corrected chi connectivity index (χ0v) is 13.9. The molecule has 2 atom stereocenters. The summed E-state index contributed by atoms with van der Waals surface area (Å²) >= 11 is 3.37. The van der Waals surface area contributed by atoms with Crippen molar-refractivity contribution in [3.05, 3.63) is 46.0 Å². The maximum Gasteiger partial charge on any atom is 0.272 e. The van der Waals surface area contributed by atoms with E-state index in [0.717, 1.165) is 16.8 Å². The van der Waals surface area contributed by atoms with Gasteiger partial charge in [-0.2, -0.15) is 5.10 Å². The molecule has 0 saturated heterocycles. The molecule has 1 fully saturated rings. The second-order valence-corrected chi connectivity index (χ2v) is 7.28. The maximum absolute atomic E-state index is 12.1. The Morgan fingerprint density at radius 2 is 2.19 bits per heavy atom. The number of amides is 1. The number of nitrogens with one attached hydrogen (secondary N) is 1. The number of halogens is 1. The molecule has 0 unspecified atom stereocenters. The molecule has 0 heterocycles. The number of rotatable bonds is 3. The first kappa shape index (κ1) is 14.5. The zero-order valence-electron chi connectivity index (χ0n) is 12.3. The van der Waals surface area contributed by atoms with Crippen molar-refractivity contribution in [1.29, 1.82) is 0 Å². The Morgan fingerprint density at radius 1 is 1.43 bits per heavy atom. The van der Waals surface area contributed by atoms with Gasteiger partial charge in [0.25, 0.3) is 5.91 Å². The van der Waals surface area contributed by atoms with Gasteiger partial charge in [-0.15, -0.1) is 0 Å². The highest BCUT2D eigenvalue weighted by molar-refractivity contribution is 9.10. The minimum atomic E-state index is -0.194. The Kier molecular flexibility index (Phi) is 3.74. The summed E-state index contributed by atoms with van der Waals surface area (Å²) in [5.74, 6) is 1.20. The molecule has 3 aliphatic rings. The summed E-state index contributed by atoms with van der Waals surface area (Å²) < 4.78 is 0.776. The molecule has 1 N–H and O–H groups in total. The molecule has 4 rings (SSSR count). The summed E-state index contributed by atoms with van der Waals surface area (Å²) in [7, 11) is 0. The molecule has 3 aliphatic carbocycles. The fourth-order valence-corrected chi connectivity index (χ4v) is 3.88. The second kappa shape index (κ2) is 5.41. The van der Waals surface area contributed by atoms with Crippen LogP contribution in [0.5, 0.6) is 0 Å². The van der Waals surface area contributed by atoms with E-state index in [1.165, 1.54) is 12.0 Å². The molecule has 1 aromatic carbocycles. The van der Waals surface area contributed by atoms with Crippen LogP contribution in [0.25, 0.3) is 0 Å². The van der Waals surface area contributed by atoms with Crippen molar-refractivity contribution >= 4 is 28.1 Å². The van der Waals surface area contributed by atoms with Crippen molar-refractivity contribution < 1.29 is 4.79 Å². The third kappa shape index (κ3) is 2.57. The first-order valence-corrected chi connectivity index (χ1v) is 8.07. The van der Waals surface area contributed by atoms with E-state index in [4.69, 9.17) is 0 Å². The van der Waals surface area contributed by atoms with Gasteiger partial charge in [0.15, 0.2) is 0 Å². The third-order valence-electron chi connectivity index (χ3n) is 5.01. The molecule has 1 aromatic rings. The van der Waals surface area contributed by atoms with E-state index in [0.29, 0.717) is 16.9 Å². The molecule has 0 aliphatic heterocycles. The van der Waals surface area contributed by atoms with E-state index >= 15 is 0 Å². The quantitative estimate of drug-likeness (QED) is 0.648. The predicted molar refractivity (Wildman–Crippen MR) is 88.2 cm³/mol. The highest BCUT2D eigenvalue weighted by Gasteiger charge is 2.50. The van der Waals surface area contributed by atoms with Gasteiger partial charge in [-0.1, -0.05) is 32.1 Å². The Morgan fingerprint density at radius 3 is 2.86 bits per heavy atom.